The number of nitrogens with one attached hydrogen (secondary N) is 2. The first-order valence-electron chi connectivity index (χ1n) is 10.2. The van der Waals surface area contributed by atoms with Gasteiger partial charge in [0.1, 0.15) is 0 Å². The molecule has 0 aliphatic carbocycles. The van der Waals surface area contributed by atoms with Gasteiger partial charge in [0.2, 0.25) is 0 Å². The molecule has 1 aliphatic heterocycles. The summed E-state index contributed by atoms with van der Waals surface area (Å²) < 4.78 is 4.76. The van der Waals surface area contributed by atoms with E-state index in [9.17, 15) is 4.79 Å². The second-order valence-corrected chi connectivity index (χ2v) is 8.58. The van der Waals surface area contributed by atoms with Crippen LogP contribution in [0, 0.1) is 5.92 Å². The molecular formula is C23H28ClN3O2S. The molecule has 0 saturated carbocycles. The van der Waals surface area contributed by atoms with E-state index in [-0.39, 0.29) is 6.04 Å². The van der Waals surface area contributed by atoms with Crippen LogP contribution >= 0.6 is 23.8 Å². The van der Waals surface area contributed by atoms with Gasteiger partial charge in [-0.15, -0.1) is 0 Å². The Kier molecular flexibility index (Phi) is 7.56. The number of halogens is 1. The van der Waals surface area contributed by atoms with E-state index in [1.54, 1.807) is 18.2 Å². The van der Waals surface area contributed by atoms with Crippen LogP contribution in [0.25, 0.3) is 0 Å². The monoisotopic (exact) mass is 445 g/mol. The van der Waals surface area contributed by atoms with Gasteiger partial charge in [-0.2, -0.15) is 0 Å². The Hall–Kier alpha value is -2.31. The van der Waals surface area contributed by atoms with E-state index >= 15 is 0 Å². The van der Waals surface area contributed by atoms with E-state index in [4.69, 9.17) is 28.6 Å². The quantitative estimate of drug-likeness (QED) is 0.474. The average molecular weight is 446 g/mol. The third-order valence-electron chi connectivity index (χ3n) is 5.53. The summed E-state index contributed by atoms with van der Waals surface area (Å²) in [5, 5.41) is 7.24. The molecule has 0 aromatic heterocycles. The highest BCUT2D eigenvalue weighted by Gasteiger charge is 2.17. The summed E-state index contributed by atoms with van der Waals surface area (Å²) >= 11 is 11.7. The number of hydrogen-bond donors (Lipinski definition) is 2. The molecule has 1 unspecified atom stereocenters. The lowest BCUT2D eigenvalue weighted by Crippen LogP contribution is -2.33. The van der Waals surface area contributed by atoms with E-state index in [0.717, 1.165) is 24.6 Å². The van der Waals surface area contributed by atoms with E-state index < -0.39 is 5.97 Å². The molecular weight excluding hydrogens is 418 g/mol. The van der Waals surface area contributed by atoms with Crippen molar-refractivity contribution < 1.29 is 9.53 Å². The number of carbonyl (C=O) groups is 1. The molecule has 0 radical (unpaired) electrons. The molecule has 1 aliphatic rings. The van der Waals surface area contributed by atoms with E-state index in [2.05, 4.69) is 53.6 Å². The fraction of sp³-hybridized carbons (Fsp3) is 0.391. The molecule has 3 rings (SSSR count). The molecule has 160 valence electrons. The van der Waals surface area contributed by atoms with Gasteiger partial charge in [-0.3, -0.25) is 0 Å². The van der Waals surface area contributed by atoms with Gasteiger partial charge in [0.05, 0.1) is 29.4 Å². The molecule has 7 heteroatoms. The maximum Gasteiger partial charge on any atom is 0.337 e. The Morgan fingerprint density at radius 3 is 2.50 bits per heavy atom. The fourth-order valence-corrected chi connectivity index (χ4v) is 4.00. The second-order valence-electron chi connectivity index (χ2n) is 7.77. The van der Waals surface area contributed by atoms with Crippen LogP contribution in [-0.2, 0) is 4.74 Å². The van der Waals surface area contributed by atoms with Gasteiger partial charge in [0.15, 0.2) is 5.11 Å². The average Bonchev–Trinajstić information content (AvgIpc) is 2.75. The SMILES string of the molecule is COC(=O)c1ccc(Cl)c(NC(=S)NC(C)c2ccc(N3CCC(C)CC3)cc2)c1. The minimum Gasteiger partial charge on any atom is -0.465 e. The number of methoxy groups -OCH3 is 1. The lowest BCUT2D eigenvalue weighted by atomic mass is 9.98. The minimum atomic E-state index is -0.426. The van der Waals surface area contributed by atoms with E-state index in [1.165, 1.54) is 25.6 Å². The molecule has 1 fully saturated rings. The van der Waals surface area contributed by atoms with Crippen molar-refractivity contribution in [2.24, 2.45) is 5.92 Å². The molecule has 2 aromatic carbocycles. The number of ether oxygens (including phenoxy) is 1. The highest BCUT2D eigenvalue weighted by atomic mass is 35.5. The molecule has 1 atom stereocenters. The summed E-state index contributed by atoms with van der Waals surface area (Å²) in [6, 6.07) is 13.5. The molecule has 30 heavy (non-hydrogen) atoms. The lowest BCUT2D eigenvalue weighted by Gasteiger charge is -2.32. The molecule has 1 heterocycles. The molecule has 5 nitrogen and oxygen atoms in total. The molecule has 1 saturated heterocycles. The molecule has 0 spiro atoms. The Morgan fingerprint density at radius 1 is 1.20 bits per heavy atom. The number of carbonyl (C=O) groups excluding carboxylic acids is 1. The van der Waals surface area contributed by atoms with Crippen LogP contribution in [-0.4, -0.2) is 31.3 Å². The third kappa shape index (κ3) is 5.64. The van der Waals surface area contributed by atoms with Gasteiger partial charge in [-0.25, -0.2) is 4.79 Å². The number of anilines is 2. The molecule has 2 aromatic rings. The van der Waals surface area contributed by atoms with Crippen LogP contribution in [0.15, 0.2) is 42.5 Å². The number of esters is 1. The first-order chi connectivity index (χ1) is 14.4. The second kappa shape index (κ2) is 10.1. The maximum absolute atomic E-state index is 11.7. The highest BCUT2D eigenvalue weighted by molar-refractivity contribution is 7.80. The zero-order chi connectivity index (χ0) is 21.7. The number of rotatable bonds is 5. The van der Waals surface area contributed by atoms with Crippen molar-refractivity contribution in [1.82, 2.24) is 5.32 Å². The highest BCUT2D eigenvalue weighted by Crippen LogP contribution is 2.26. The summed E-state index contributed by atoms with van der Waals surface area (Å²) in [5.41, 5.74) is 3.37. The Labute approximate surface area is 188 Å². The lowest BCUT2D eigenvalue weighted by molar-refractivity contribution is 0.0601. The van der Waals surface area contributed by atoms with E-state index in [0.29, 0.717) is 21.4 Å². The summed E-state index contributed by atoms with van der Waals surface area (Å²) in [4.78, 5) is 14.2. The first-order valence-corrected chi connectivity index (χ1v) is 11.0. The number of nitrogens with zero attached hydrogens (tertiary/aromatic N) is 1. The van der Waals surface area contributed by atoms with Crippen molar-refractivity contribution >= 4 is 46.3 Å². The van der Waals surface area contributed by atoms with Crippen LogP contribution in [0.2, 0.25) is 5.02 Å². The van der Waals surface area contributed by atoms with Crippen molar-refractivity contribution in [3.05, 3.63) is 58.6 Å². The van der Waals surface area contributed by atoms with Crippen LogP contribution < -0.4 is 15.5 Å². The third-order valence-corrected chi connectivity index (χ3v) is 6.07. The number of thiocarbonyl (C=S) groups is 1. The van der Waals surface area contributed by atoms with Gasteiger partial charge in [0, 0.05) is 18.8 Å². The largest absolute Gasteiger partial charge is 0.465 e. The van der Waals surface area contributed by atoms with Crippen LogP contribution in [0.3, 0.4) is 0 Å². The Morgan fingerprint density at radius 2 is 1.87 bits per heavy atom. The molecule has 0 bridgehead atoms. The zero-order valence-electron chi connectivity index (χ0n) is 17.6. The summed E-state index contributed by atoms with van der Waals surface area (Å²) in [6.07, 6.45) is 2.50. The standard InChI is InChI=1S/C23H28ClN3O2S/c1-15-10-12-27(13-11-15)19-7-4-17(5-8-19)16(2)25-23(30)26-21-14-18(22(28)29-3)6-9-20(21)24/h4-9,14-16H,10-13H2,1-3H3,(H2,25,26,30). The van der Waals surface area contributed by atoms with Crippen molar-refractivity contribution in [1.29, 1.82) is 0 Å². The Bertz CT molecular complexity index is 896. The van der Waals surface area contributed by atoms with Gasteiger partial charge < -0.3 is 20.3 Å². The number of hydrogen-bond acceptors (Lipinski definition) is 4. The van der Waals surface area contributed by atoms with Crippen molar-refractivity contribution in [3.8, 4) is 0 Å². The minimum absolute atomic E-state index is 0.0167. The topological polar surface area (TPSA) is 53.6 Å². The van der Waals surface area contributed by atoms with Crippen LogP contribution in [0.1, 0.15) is 48.7 Å². The number of benzene rings is 2. The number of piperidine rings is 1. The van der Waals surface area contributed by atoms with E-state index in [1.807, 2.05) is 0 Å². The van der Waals surface area contributed by atoms with Gasteiger partial charge in [-0.05, 0) is 73.8 Å². The summed E-state index contributed by atoms with van der Waals surface area (Å²) in [5.74, 6) is 0.394. The summed E-state index contributed by atoms with van der Waals surface area (Å²) in [7, 11) is 1.34. The van der Waals surface area contributed by atoms with Crippen molar-refractivity contribution in [2.45, 2.75) is 32.7 Å². The fourth-order valence-electron chi connectivity index (χ4n) is 3.54. The first kappa shape index (κ1) is 22.4. The van der Waals surface area contributed by atoms with Crippen LogP contribution in [0.5, 0.6) is 0 Å². The van der Waals surface area contributed by atoms with Gasteiger partial charge >= 0.3 is 5.97 Å². The zero-order valence-corrected chi connectivity index (χ0v) is 19.1. The van der Waals surface area contributed by atoms with Crippen LogP contribution in [0.4, 0.5) is 11.4 Å². The smallest absolute Gasteiger partial charge is 0.337 e. The predicted octanol–water partition coefficient (Wildman–Crippen LogP) is 5.41. The van der Waals surface area contributed by atoms with Gasteiger partial charge in [-0.1, -0.05) is 30.7 Å². The van der Waals surface area contributed by atoms with Crippen molar-refractivity contribution in [2.75, 3.05) is 30.4 Å². The Balaban J connectivity index is 1.60. The maximum atomic E-state index is 11.7. The molecule has 2 N–H and O–H groups in total. The predicted molar refractivity (Wildman–Crippen MR) is 128 cm³/mol. The van der Waals surface area contributed by atoms with Gasteiger partial charge in [0.25, 0.3) is 0 Å². The van der Waals surface area contributed by atoms with Crippen molar-refractivity contribution in [3.63, 3.8) is 0 Å². The molecule has 0 amide bonds. The summed E-state index contributed by atoms with van der Waals surface area (Å²) in [6.45, 7) is 6.61. The normalized spacial score (nSPS) is 15.4.